The van der Waals surface area contributed by atoms with Gasteiger partial charge in [-0.25, -0.2) is 0 Å². The van der Waals surface area contributed by atoms with E-state index in [0.717, 1.165) is 18.7 Å². The van der Waals surface area contributed by atoms with E-state index in [1.165, 1.54) is 11.1 Å². The predicted octanol–water partition coefficient (Wildman–Crippen LogP) is 2.46. The highest BCUT2D eigenvalue weighted by atomic mass is 15.3. The molecule has 1 aromatic heterocycles. The van der Waals surface area contributed by atoms with Gasteiger partial charge in [-0.2, -0.15) is 5.10 Å². The summed E-state index contributed by atoms with van der Waals surface area (Å²) in [6.07, 6.45) is 4.85. The Kier molecular flexibility index (Phi) is 2.80. The molecular formula is C14H18N4. The van der Waals surface area contributed by atoms with E-state index in [0.29, 0.717) is 6.04 Å². The lowest BCUT2D eigenvalue weighted by atomic mass is 10.1. The lowest BCUT2D eigenvalue weighted by Gasteiger charge is -2.13. The summed E-state index contributed by atoms with van der Waals surface area (Å²) in [4.78, 5) is 0. The number of fused-ring (bicyclic) bond motifs is 1. The van der Waals surface area contributed by atoms with Gasteiger partial charge in [0.15, 0.2) is 0 Å². The van der Waals surface area contributed by atoms with Gasteiger partial charge in [0, 0.05) is 18.8 Å². The molecule has 4 nitrogen and oxygen atoms in total. The summed E-state index contributed by atoms with van der Waals surface area (Å²) >= 11 is 0. The highest BCUT2D eigenvalue weighted by Gasteiger charge is 2.28. The van der Waals surface area contributed by atoms with E-state index in [-0.39, 0.29) is 6.04 Å². The fraction of sp³-hybridized carbons (Fsp3) is 0.357. The Morgan fingerprint density at radius 1 is 1.39 bits per heavy atom. The normalized spacial score (nSPS) is 21.9. The van der Waals surface area contributed by atoms with Crippen LogP contribution in [0.4, 0.5) is 5.69 Å². The Labute approximate surface area is 107 Å². The van der Waals surface area contributed by atoms with Crippen molar-refractivity contribution in [3.63, 3.8) is 0 Å². The Hall–Kier alpha value is -1.81. The number of nitrogens with zero attached hydrogens (tertiary/aromatic N) is 2. The van der Waals surface area contributed by atoms with Gasteiger partial charge in [0.2, 0.25) is 0 Å². The molecule has 1 aliphatic rings. The number of hydrogen-bond donors (Lipinski definition) is 2. The number of rotatable bonds is 3. The molecule has 1 aliphatic carbocycles. The molecule has 18 heavy (non-hydrogen) atoms. The molecule has 2 unspecified atom stereocenters. The highest BCUT2D eigenvalue weighted by molar-refractivity contribution is 5.46. The molecule has 0 radical (unpaired) electrons. The summed E-state index contributed by atoms with van der Waals surface area (Å²) in [5.41, 5.74) is 9.80. The van der Waals surface area contributed by atoms with Crippen molar-refractivity contribution in [2.75, 3.05) is 5.32 Å². The molecule has 1 aromatic carbocycles. The molecule has 0 aliphatic heterocycles. The molecule has 1 heterocycles. The first-order chi connectivity index (χ1) is 8.78. The van der Waals surface area contributed by atoms with Crippen molar-refractivity contribution in [2.45, 2.75) is 32.0 Å². The van der Waals surface area contributed by atoms with Gasteiger partial charge < -0.3 is 11.1 Å². The molecule has 3 rings (SSSR count). The minimum atomic E-state index is 0.139. The molecule has 0 fully saturated rings. The van der Waals surface area contributed by atoms with Gasteiger partial charge in [-0.05, 0) is 24.5 Å². The van der Waals surface area contributed by atoms with Crippen LogP contribution >= 0.6 is 0 Å². The number of aromatic nitrogens is 2. The number of nitrogens with two attached hydrogens (primary N) is 1. The summed E-state index contributed by atoms with van der Waals surface area (Å²) in [6.45, 7) is 2.97. The van der Waals surface area contributed by atoms with Crippen LogP contribution in [-0.4, -0.2) is 9.78 Å². The molecule has 2 atom stereocenters. The number of nitrogens with one attached hydrogen (secondary N) is 1. The van der Waals surface area contributed by atoms with E-state index >= 15 is 0 Å². The zero-order valence-corrected chi connectivity index (χ0v) is 10.5. The number of benzene rings is 1. The van der Waals surface area contributed by atoms with E-state index in [9.17, 15) is 0 Å². The third kappa shape index (κ3) is 1.88. The van der Waals surface area contributed by atoms with Crippen molar-refractivity contribution in [3.05, 3.63) is 47.8 Å². The smallest absolute Gasteiger partial charge is 0.0731 e. The summed E-state index contributed by atoms with van der Waals surface area (Å²) in [5.74, 6) is 0. The van der Waals surface area contributed by atoms with E-state index in [1.807, 2.05) is 17.1 Å². The molecule has 94 valence electrons. The number of anilines is 1. The Morgan fingerprint density at radius 3 is 2.89 bits per heavy atom. The van der Waals surface area contributed by atoms with Crippen LogP contribution in [0.5, 0.6) is 0 Å². The van der Waals surface area contributed by atoms with Crippen molar-refractivity contribution < 1.29 is 0 Å². The standard InChI is InChI=1S/C14H18N4/c1-2-18-9-10(8-16-18)17-14-7-13(15)11-5-3-4-6-12(11)14/h3-6,8-9,13-14,17H,2,7,15H2,1H3. The van der Waals surface area contributed by atoms with Gasteiger partial charge in [0.1, 0.15) is 0 Å². The molecule has 0 amide bonds. The summed E-state index contributed by atoms with van der Waals surface area (Å²) in [6, 6.07) is 8.84. The minimum Gasteiger partial charge on any atom is -0.376 e. The van der Waals surface area contributed by atoms with Crippen molar-refractivity contribution in [2.24, 2.45) is 5.73 Å². The maximum atomic E-state index is 6.16. The number of aryl methyl sites for hydroxylation is 1. The van der Waals surface area contributed by atoms with E-state index in [4.69, 9.17) is 5.73 Å². The van der Waals surface area contributed by atoms with Crippen LogP contribution in [0.2, 0.25) is 0 Å². The largest absolute Gasteiger partial charge is 0.376 e. The topological polar surface area (TPSA) is 55.9 Å². The molecule has 4 heteroatoms. The quantitative estimate of drug-likeness (QED) is 0.869. The zero-order chi connectivity index (χ0) is 12.5. The van der Waals surface area contributed by atoms with Crippen LogP contribution < -0.4 is 11.1 Å². The lowest BCUT2D eigenvalue weighted by Crippen LogP contribution is -2.09. The zero-order valence-electron chi connectivity index (χ0n) is 10.5. The molecule has 0 saturated heterocycles. The third-order valence-corrected chi connectivity index (χ3v) is 3.56. The van der Waals surface area contributed by atoms with Crippen molar-refractivity contribution in [3.8, 4) is 0 Å². The van der Waals surface area contributed by atoms with Crippen LogP contribution in [0.3, 0.4) is 0 Å². The van der Waals surface area contributed by atoms with Crippen molar-refractivity contribution in [1.29, 1.82) is 0 Å². The number of hydrogen-bond acceptors (Lipinski definition) is 3. The van der Waals surface area contributed by atoms with Gasteiger partial charge in [-0.15, -0.1) is 0 Å². The van der Waals surface area contributed by atoms with Gasteiger partial charge in [-0.1, -0.05) is 24.3 Å². The second-order valence-electron chi connectivity index (χ2n) is 4.75. The molecule has 0 spiro atoms. The van der Waals surface area contributed by atoms with Crippen LogP contribution in [0.1, 0.15) is 36.6 Å². The fourth-order valence-electron chi connectivity index (χ4n) is 2.62. The monoisotopic (exact) mass is 242 g/mol. The van der Waals surface area contributed by atoms with Crippen LogP contribution in [0.25, 0.3) is 0 Å². The van der Waals surface area contributed by atoms with E-state index in [1.54, 1.807) is 0 Å². The van der Waals surface area contributed by atoms with Gasteiger partial charge in [0.05, 0.1) is 17.9 Å². The van der Waals surface area contributed by atoms with Gasteiger partial charge >= 0.3 is 0 Å². The Balaban J connectivity index is 1.82. The van der Waals surface area contributed by atoms with Gasteiger partial charge in [-0.3, -0.25) is 4.68 Å². The summed E-state index contributed by atoms with van der Waals surface area (Å²) < 4.78 is 1.92. The Morgan fingerprint density at radius 2 is 2.17 bits per heavy atom. The van der Waals surface area contributed by atoms with Crippen LogP contribution in [0, 0.1) is 0 Å². The first-order valence-corrected chi connectivity index (χ1v) is 6.41. The maximum absolute atomic E-state index is 6.16. The lowest BCUT2D eigenvalue weighted by molar-refractivity contribution is 0.647. The third-order valence-electron chi connectivity index (χ3n) is 3.56. The minimum absolute atomic E-state index is 0.139. The van der Waals surface area contributed by atoms with Crippen molar-refractivity contribution in [1.82, 2.24) is 9.78 Å². The van der Waals surface area contributed by atoms with Crippen molar-refractivity contribution >= 4 is 5.69 Å². The van der Waals surface area contributed by atoms with E-state index < -0.39 is 0 Å². The SMILES string of the molecule is CCn1cc(NC2CC(N)c3ccccc32)cn1. The average Bonchev–Trinajstić information content (AvgIpc) is 2.97. The first kappa shape index (κ1) is 11.3. The molecule has 2 aromatic rings. The highest BCUT2D eigenvalue weighted by Crippen LogP contribution is 2.38. The maximum Gasteiger partial charge on any atom is 0.0731 e. The fourth-order valence-corrected chi connectivity index (χ4v) is 2.62. The second kappa shape index (κ2) is 4.46. The molecular weight excluding hydrogens is 224 g/mol. The second-order valence-corrected chi connectivity index (χ2v) is 4.75. The molecule has 0 bridgehead atoms. The molecule has 3 N–H and O–H groups in total. The van der Waals surface area contributed by atoms with Crippen LogP contribution in [-0.2, 0) is 6.54 Å². The summed E-state index contributed by atoms with van der Waals surface area (Å²) in [5, 5.41) is 7.79. The Bertz CT molecular complexity index is 546. The van der Waals surface area contributed by atoms with Crippen LogP contribution in [0.15, 0.2) is 36.7 Å². The first-order valence-electron chi connectivity index (χ1n) is 6.41. The predicted molar refractivity (Wildman–Crippen MR) is 72.3 cm³/mol. The average molecular weight is 242 g/mol. The van der Waals surface area contributed by atoms with Gasteiger partial charge in [0.25, 0.3) is 0 Å². The molecule has 0 saturated carbocycles. The summed E-state index contributed by atoms with van der Waals surface area (Å²) in [7, 11) is 0. The van der Waals surface area contributed by atoms with E-state index in [2.05, 4.69) is 41.6 Å².